The quantitative estimate of drug-likeness (QED) is 0.620. The van der Waals surface area contributed by atoms with Crippen molar-refractivity contribution in [1.82, 2.24) is 4.90 Å². The van der Waals surface area contributed by atoms with E-state index < -0.39 is 24.6 Å². The molecule has 0 unspecified atom stereocenters. The summed E-state index contributed by atoms with van der Waals surface area (Å²) in [5.41, 5.74) is 1.04. The van der Waals surface area contributed by atoms with Gasteiger partial charge in [-0.25, -0.2) is 0 Å². The van der Waals surface area contributed by atoms with Crippen LogP contribution in [0.5, 0.6) is 0 Å². The fourth-order valence-electron chi connectivity index (χ4n) is 3.14. The highest BCUT2D eigenvalue weighted by Gasteiger charge is 2.35. The first-order valence-corrected chi connectivity index (χ1v) is 8.46. The van der Waals surface area contributed by atoms with Gasteiger partial charge in [-0.15, -0.1) is 0 Å². The van der Waals surface area contributed by atoms with Crippen molar-refractivity contribution in [2.24, 2.45) is 5.92 Å². The van der Waals surface area contributed by atoms with Crippen LogP contribution in [0.25, 0.3) is 0 Å². The summed E-state index contributed by atoms with van der Waals surface area (Å²) in [5.74, 6) is -0.900. The molecule has 0 radical (unpaired) electrons. The maximum atomic E-state index is 12.3. The number of carboxylic acid groups (broad SMARTS) is 1. The van der Waals surface area contributed by atoms with Crippen molar-refractivity contribution in [3.63, 3.8) is 0 Å². The number of carbonyl (C=O) groups excluding carboxylic acids is 1. The monoisotopic (exact) mass is 347 g/mol. The van der Waals surface area contributed by atoms with Crippen molar-refractivity contribution in [2.45, 2.75) is 51.0 Å². The predicted octanol–water partition coefficient (Wildman–Crippen LogP) is 1.57. The molecule has 1 amide bonds. The van der Waals surface area contributed by atoms with Crippen LogP contribution in [0.2, 0.25) is 0 Å². The van der Waals surface area contributed by atoms with Crippen LogP contribution < -0.4 is 0 Å². The Balaban J connectivity index is 1.99. The Morgan fingerprint density at radius 1 is 1.32 bits per heavy atom. The predicted molar refractivity (Wildman–Crippen MR) is 92.6 cm³/mol. The van der Waals surface area contributed by atoms with Crippen molar-refractivity contribution >= 4 is 11.9 Å². The topological polar surface area (TPSA) is 98.1 Å². The SMILES string of the molecule is C[C@H]1CC(=O)N(Cc2ccccc2)[C@H]1C=C[C@@H](O)C[C@@H](O)CC(=O)O. The molecular weight excluding hydrogens is 322 g/mol. The second-order valence-electron chi connectivity index (χ2n) is 6.62. The Morgan fingerprint density at radius 3 is 2.64 bits per heavy atom. The second-order valence-corrected chi connectivity index (χ2v) is 6.62. The summed E-state index contributed by atoms with van der Waals surface area (Å²) < 4.78 is 0. The number of hydrogen-bond donors (Lipinski definition) is 3. The molecule has 0 aromatic heterocycles. The standard InChI is InChI=1S/C19H25NO5/c1-13-9-18(23)20(12-14-5-3-2-4-6-14)17(13)8-7-15(21)10-16(22)11-19(24)25/h2-8,13,15-17,21-22H,9-12H2,1H3,(H,24,25)/t13-,15+,16+,17-/m0/s1. The highest BCUT2D eigenvalue weighted by atomic mass is 16.4. The third-order valence-corrected chi connectivity index (χ3v) is 4.41. The number of aliphatic hydroxyl groups excluding tert-OH is 2. The Kier molecular flexibility index (Phi) is 6.73. The van der Waals surface area contributed by atoms with Crippen molar-refractivity contribution in [3.05, 3.63) is 48.0 Å². The minimum absolute atomic E-state index is 0.0451. The summed E-state index contributed by atoms with van der Waals surface area (Å²) in [6.45, 7) is 2.50. The van der Waals surface area contributed by atoms with E-state index in [9.17, 15) is 19.8 Å². The zero-order valence-electron chi connectivity index (χ0n) is 14.3. The van der Waals surface area contributed by atoms with E-state index in [2.05, 4.69) is 0 Å². The maximum Gasteiger partial charge on any atom is 0.305 e. The lowest BCUT2D eigenvalue weighted by Gasteiger charge is -2.25. The number of benzene rings is 1. The lowest BCUT2D eigenvalue weighted by atomic mass is 10.0. The average Bonchev–Trinajstić information content (AvgIpc) is 2.79. The van der Waals surface area contributed by atoms with E-state index in [0.717, 1.165) is 5.56 Å². The number of likely N-dealkylation sites (tertiary alicyclic amines) is 1. The van der Waals surface area contributed by atoms with Crippen LogP contribution in [0.1, 0.15) is 31.7 Å². The molecule has 25 heavy (non-hydrogen) atoms. The van der Waals surface area contributed by atoms with Crippen LogP contribution in [-0.2, 0) is 16.1 Å². The van der Waals surface area contributed by atoms with Gasteiger partial charge in [-0.05, 0) is 11.5 Å². The van der Waals surface area contributed by atoms with Crippen LogP contribution in [0.15, 0.2) is 42.5 Å². The van der Waals surface area contributed by atoms with Gasteiger partial charge in [0.1, 0.15) is 0 Å². The van der Waals surface area contributed by atoms with Gasteiger partial charge in [-0.2, -0.15) is 0 Å². The third kappa shape index (κ3) is 5.69. The van der Waals surface area contributed by atoms with E-state index >= 15 is 0 Å². The van der Waals surface area contributed by atoms with Crippen molar-refractivity contribution in [1.29, 1.82) is 0 Å². The molecule has 1 saturated heterocycles. The van der Waals surface area contributed by atoms with E-state index in [4.69, 9.17) is 5.11 Å². The molecule has 6 heteroatoms. The molecule has 1 aromatic rings. The minimum atomic E-state index is -1.10. The fourth-order valence-corrected chi connectivity index (χ4v) is 3.14. The molecule has 1 fully saturated rings. The van der Waals surface area contributed by atoms with Gasteiger partial charge in [-0.1, -0.05) is 49.4 Å². The molecule has 1 aliphatic heterocycles. The molecule has 1 aromatic carbocycles. The molecule has 6 nitrogen and oxygen atoms in total. The molecule has 3 N–H and O–H groups in total. The molecular formula is C19H25NO5. The third-order valence-electron chi connectivity index (χ3n) is 4.41. The first kappa shape index (κ1) is 19.1. The summed E-state index contributed by atoms with van der Waals surface area (Å²) >= 11 is 0. The van der Waals surface area contributed by atoms with Gasteiger partial charge < -0.3 is 20.2 Å². The minimum Gasteiger partial charge on any atom is -0.481 e. The zero-order valence-corrected chi connectivity index (χ0v) is 14.3. The van der Waals surface area contributed by atoms with E-state index in [1.807, 2.05) is 37.3 Å². The van der Waals surface area contributed by atoms with E-state index in [0.29, 0.717) is 13.0 Å². The van der Waals surface area contributed by atoms with Gasteiger partial charge in [-0.3, -0.25) is 9.59 Å². The lowest BCUT2D eigenvalue weighted by Crippen LogP contribution is -2.33. The van der Waals surface area contributed by atoms with Crippen LogP contribution >= 0.6 is 0 Å². The molecule has 4 atom stereocenters. The van der Waals surface area contributed by atoms with Gasteiger partial charge in [0.15, 0.2) is 0 Å². The Hall–Kier alpha value is -2.18. The number of carboxylic acids is 1. The molecule has 1 heterocycles. The van der Waals surface area contributed by atoms with Gasteiger partial charge in [0.2, 0.25) is 5.91 Å². The number of nitrogens with zero attached hydrogens (tertiary/aromatic N) is 1. The van der Waals surface area contributed by atoms with Crippen LogP contribution in [-0.4, -0.2) is 50.3 Å². The first-order valence-electron chi connectivity index (χ1n) is 8.46. The Labute approximate surface area is 147 Å². The summed E-state index contributed by atoms with van der Waals surface area (Å²) in [6.07, 6.45) is 1.30. The Morgan fingerprint density at radius 2 is 2.00 bits per heavy atom. The van der Waals surface area contributed by atoms with Gasteiger partial charge in [0, 0.05) is 19.4 Å². The van der Waals surface area contributed by atoms with Crippen molar-refractivity contribution in [3.8, 4) is 0 Å². The number of rotatable bonds is 8. The summed E-state index contributed by atoms with van der Waals surface area (Å²) in [6, 6.07) is 9.59. The van der Waals surface area contributed by atoms with Crippen LogP contribution in [0, 0.1) is 5.92 Å². The molecule has 2 rings (SSSR count). The fraction of sp³-hybridized carbons (Fsp3) is 0.474. The van der Waals surface area contributed by atoms with Crippen molar-refractivity contribution in [2.75, 3.05) is 0 Å². The lowest BCUT2D eigenvalue weighted by molar-refractivity contribution is -0.139. The highest BCUT2D eigenvalue weighted by molar-refractivity contribution is 5.79. The number of aliphatic carboxylic acids is 1. The van der Waals surface area contributed by atoms with Crippen molar-refractivity contribution < 1.29 is 24.9 Å². The Bertz CT molecular complexity index is 616. The molecule has 0 bridgehead atoms. The van der Waals surface area contributed by atoms with Crippen LogP contribution in [0.4, 0.5) is 0 Å². The zero-order chi connectivity index (χ0) is 18.4. The first-order chi connectivity index (χ1) is 11.9. The normalized spacial score (nSPS) is 23.2. The molecule has 136 valence electrons. The number of amides is 1. The molecule has 1 aliphatic rings. The van der Waals surface area contributed by atoms with Gasteiger partial charge in [0.25, 0.3) is 0 Å². The molecule has 0 saturated carbocycles. The average molecular weight is 347 g/mol. The van der Waals surface area contributed by atoms with E-state index in [1.54, 1.807) is 17.1 Å². The maximum absolute atomic E-state index is 12.3. The largest absolute Gasteiger partial charge is 0.481 e. The second kappa shape index (κ2) is 8.78. The number of aliphatic hydroxyl groups is 2. The summed E-state index contributed by atoms with van der Waals surface area (Å²) in [4.78, 5) is 24.6. The number of hydrogen-bond acceptors (Lipinski definition) is 4. The van der Waals surface area contributed by atoms with Crippen LogP contribution in [0.3, 0.4) is 0 Å². The van der Waals surface area contributed by atoms with Gasteiger partial charge in [0.05, 0.1) is 24.7 Å². The number of carbonyl (C=O) groups is 2. The summed E-state index contributed by atoms with van der Waals surface area (Å²) in [7, 11) is 0. The van der Waals surface area contributed by atoms with E-state index in [-0.39, 0.29) is 24.3 Å². The smallest absolute Gasteiger partial charge is 0.305 e. The molecule has 0 aliphatic carbocycles. The van der Waals surface area contributed by atoms with Gasteiger partial charge >= 0.3 is 5.97 Å². The highest BCUT2D eigenvalue weighted by Crippen LogP contribution is 2.28. The van der Waals surface area contributed by atoms with E-state index in [1.165, 1.54) is 0 Å². The molecule has 0 spiro atoms. The summed E-state index contributed by atoms with van der Waals surface area (Å²) in [5, 5.41) is 28.2.